The summed E-state index contributed by atoms with van der Waals surface area (Å²) in [6.07, 6.45) is 9.47. The summed E-state index contributed by atoms with van der Waals surface area (Å²) in [5, 5.41) is 16.5. The number of hydrogen-bond acceptors (Lipinski definition) is 7. The van der Waals surface area contributed by atoms with Crippen LogP contribution in [0.15, 0.2) is 48.7 Å². The number of piperazine rings is 1. The molecule has 4 aliphatic rings. The first kappa shape index (κ1) is 26.2. The zero-order valence-electron chi connectivity index (χ0n) is 24.8. The van der Waals surface area contributed by atoms with Crippen molar-refractivity contribution in [2.75, 3.05) is 44.7 Å². The van der Waals surface area contributed by atoms with Gasteiger partial charge in [0.1, 0.15) is 11.3 Å². The van der Waals surface area contributed by atoms with Crippen molar-refractivity contribution >= 4 is 27.5 Å². The molecule has 5 heterocycles. The first-order valence-electron chi connectivity index (χ1n) is 15.8. The highest BCUT2D eigenvalue weighted by Gasteiger charge is 2.50. The van der Waals surface area contributed by atoms with E-state index < -0.39 is 0 Å². The Kier molecular flexibility index (Phi) is 6.30. The van der Waals surface area contributed by atoms with Crippen LogP contribution >= 0.6 is 0 Å². The van der Waals surface area contributed by atoms with E-state index in [1.54, 1.807) is 0 Å². The van der Waals surface area contributed by atoms with E-state index in [1.807, 2.05) is 24.4 Å². The third kappa shape index (κ3) is 4.67. The first-order valence-corrected chi connectivity index (χ1v) is 15.8. The van der Waals surface area contributed by atoms with E-state index in [-0.39, 0.29) is 5.75 Å². The Morgan fingerprint density at radius 1 is 1.02 bits per heavy atom. The van der Waals surface area contributed by atoms with Gasteiger partial charge in [-0.15, -0.1) is 0 Å². The number of ether oxygens (including phenoxy) is 1. The van der Waals surface area contributed by atoms with Gasteiger partial charge in [0.15, 0.2) is 0 Å². The van der Waals surface area contributed by atoms with Crippen molar-refractivity contribution in [3.8, 4) is 22.8 Å². The summed E-state index contributed by atoms with van der Waals surface area (Å²) in [4.78, 5) is 15.1. The SMILES string of the molecule is Cc1cccc2cc(O)cc(-c3cnc4c(N5CC6CCC(C5)N6)cc(OCC5(C6CCN(C)CC6)CC5)nc4c3)c12. The quantitative estimate of drug-likeness (QED) is 0.302. The maximum absolute atomic E-state index is 10.6. The topological polar surface area (TPSA) is 73.8 Å². The molecule has 2 aromatic carbocycles. The van der Waals surface area contributed by atoms with Crippen molar-refractivity contribution in [3.63, 3.8) is 0 Å². The molecule has 2 atom stereocenters. The van der Waals surface area contributed by atoms with Crippen LogP contribution in [0, 0.1) is 18.3 Å². The van der Waals surface area contributed by atoms with E-state index in [9.17, 15) is 5.11 Å². The number of aryl methyl sites for hydroxylation is 1. The molecule has 8 rings (SSSR count). The van der Waals surface area contributed by atoms with Gasteiger partial charge in [0, 0.05) is 48.4 Å². The molecular formula is C35H41N5O2. The van der Waals surface area contributed by atoms with Crippen LogP contribution in [0.2, 0.25) is 0 Å². The van der Waals surface area contributed by atoms with E-state index in [4.69, 9.17) is 14.7 Å². The van der Waals surface area contributed by atoms with Crippen molar-refractivity contribution in [2.45, 2.75) is 57.5 Å². The number of rotatable bonds is 6. The summed E-state index contributed by atoms with van der Waals surface area (Å²) >= 11 is 0. The monoisotopic (exact) mass is 563 g/mol. The summed E-state index contributed by atoms with van der Waals surface area (Å²) in [6, 6.07) is 15.2. The van der Waals surface area contributed by atoms with Gasteiger partial charge in [-0.3, -0.25) is 4.98 Å². The third-order valence-electron chi connectivity index (χ3n) is 10.6. The van der Waals surface area contributed by atoms with Gasteiger partial charge in [-0.25, -0.2) is 4.98 Å². The maximum atomic E-state index is 10.6. The van der Waals surface area contributed by atoms with Crippen molar-refractivity contribution in [1.29, 1.82) is 0 Å². The lowest BCUT2D eigenvalue weighted by Gasteiger charge is -2.35. The second kappa shape index (κ2) is 10.1. The second-order valence-electron chi connectivity index (χ2n) is 13.5. The molecule has 2 unspecified atom stereocenters. The van der Waals surface area contributed by atoms with Crippen LogP contribution in [0.1, 0.15) is 44.1 Å². The van der Waals surface area contributed by atoms with Crippen molar-refractivity contribution in [1.82, 2.24) is 20.2 Å². The number of aromatic hydroxyl groups is 1. The number of hydrogen-bond donors (Lipinski definition) is 2. The maximum Gasteiger partial charge on any atom is 0.216 e. The van der Waals surface area contributed by atoms with Gasteiger partial charge in [-0.05, 0) is 112 Å². The minimum atomic E-state index is 0.258. The molecule has 0 spiro atoms. The Balaban J connectivity index is 1.18. The van der Waals surface area contributed by atoms with Crippen LogP contribution in [-0.4, -0.2) is 71.9 Å². The molecule has 42 heavy (non-hydrogen) atoms. The smallest absolute Gasteiger partial charge is 0.216 e. The summed E-state index contributed by atoms with van der Waals surface area (Å²) < 4.78 is 6.64. The molecule has 1 saturated carbocycles. The van der Waals surface area contributed by atoms with Crippen LogP contribution in [0.5, 0.6) is 11.6 Å². The number of piperidine rings is 1. The molecule has 7 heteroatoms. The lowest BCUT2D eigenvalue weighted by Crippen LogP contribution is -2.51. The summed E-state index contributed by atoms with van der Waals surface area (Å²) in [7, 11) is 2.23. The van der Waals surface area contributed by atoms with Crippen molar-refractivity contribution in [2.24, 2.45) is 11.3 Å². The van der Waals surface area contributed by atoms with Crippen molar-refractivity contribution < 1.29 is 9.84 Å². The molecular weight excluding hydrogens is 522 g/mol. The van der Waals surface area contributed by atoms with Gasteiger partial charge in [-0.1, -0.05) is 18.2 Å². The zero-order valence-corrected chi connectivity index (χ0v) is 24.8. The minimum absolute atomic E-state index is 0.258. The molecule has 2 bridgehead atoms. The molecule has 2 aromatic heterocycles. The number of benzene rings is 2. The fraction of sp³-hybridized carbons (Fsp3) is 0.486. The fourth-order valence-electron chi connectivity index (χ4n) is 8.02. The molecule has 1 aliphatic carbocycles. The number of pyridine rings is 2. The Morgan fingerprint density at radius 3 is 2.57 bits per heavy atom. The Morgan fingerprint density at radius 2 is 1.81 bits per heavy atom. The van der Waals surface area contributed by atoms with Crippen LogP contribution in [0.4, 0.5) is 5.69 Å². The van der Waals surface area contributed by atoms with Gasteiger partial charge < -0.3 is 25.0 Å². The molecule has 0 amide bonds. The second-order valence-corrected chi connectivity index (χ2v) is 13.5. The van der Waals surface area contributed by atoms with Crippen molar-refractivity contribution in [3.05, 3.63) is 54.2 Å². The molecule has 7 nitrogen and oxygen atoms in total. The lowest BCUT2D eigenvalue weighted by atomic mass is 9.82. The number of phenolic OH excluding ortho intramolecular Hbond substituents is 1. The van der Waals surface area contributed by atoms with E-state index in [2.05, 4.69) is 53.4 Å². The van der Waals surface area contributed by atoms with E-state index in [0.717, 1.165) is 64.2 Å². The highest BCUT2D eigenvalue weighted by atomic mass is 16.5. The number of nitrogens with one attached hydrogen (secondary N) is 1. The van der Waals surface area contributed by atoms with Crippen LogP contribution < -0.4 is 15.0 Å². The Hall–Kier alpha value is -3.42. The number of anilines is 1. The Bertz CT molecular complexity index is 1650. The molecule has 4 fully saturated rings. The molecule has 218 valence electrons. The largest absolute Gasteiger partial charge is 0.508 e. The molecule has 0 radical (unpaired) electrons. The Labute approximate surface area is 247 Å². The van der Waals surface area contributed by atoms with Gasteiger partial charge in [0.25, 0.3) is 0 Å². The van der Waals surface area contributed by atoms with Gasteiger partial charge in [0.2, 0.25) is 5.88 Å². The fourth-order valence-corrected chi connectivity index (χ4v) is 8.02. The predicted molar refractivity (Wildman–Crippen MR) is 168 cm³/mol. The average molecular weight is 564 g/mol. The zero-order chi connectivity index (χ0) is 28.4. The number of nitrogens with zero attached hydrogens (tertiary/aromatic N) is 4. The lowest BCUT2D eigenvalue weighted by molar-refractivity contribution is 0.110. The predicted octanol–water partition coefficient (Wildman–Crippen LogP) is 5.91. The number of likely N-dealkylation sites (tertiary alicyclic amines) is 1. The van der Waals surface area contributed by atoms with Gasteiger partial charge in [-0.2, -0.15) is 0 Å². The minimum Gasteiger partial charge on any atom is -0.508 e. The van der Waals surface area contributed by atoms with E-state index >= 15 is 0 Å². The molecule has 3 saturated heterocycles. The number of aromatic nitrogens is 2. The van der Waals surface area contributed by atoms with E-state index in [1.165, 1.54) is 57.2 Å². The van der Waals surface area contributed by atoms with Gasteiger partial charge >= 0.3 is 0 Å². The number of phenols is 1. The third-order valence-corrected chi connectivity index (χ3v) is 10.6. The molecule has 4 aromatic rings. The first-order chi connectivity index (χ1) is 20.4. The summed E-state index contributed by atoms with van der Waals surface area (Å²) in [6.45, 7) is 7.20. The number of fused-ring (bicyclic) bond motifs is 4. The standard InChI is InChI=1S/C35H41N5O2/c1-22-4-3-5-23-14-28(41)16-29(33(22)23)24-15-30-34(36-18-24)31(40-19-26-6-7-27(20-40)37-26)17-32(38-30)42-21-35(10-11-35)25-8-12-39(2)13-9-25/h3-5,14-18,25-27,37,41H,6-13,19-21H2,1-2H3. The van der Waals surface area contributed by atoms with Crippen LogP contribution in [0.25, 0.3) is 32.9 Å². The normalized spacial score (nSPS) is 24.0. The highest BCUT2D eigenvalue weighted by molar-refractivity contribution is 6.01. The average Bonchev–Trinajstić information content (AvgIpc) is 3.71. The van der Waals surface area contributed by atoms with Crippen LogP contribution in [0.3, 0.4) is 0 Å². The summed E-state index contributed by atoms with van der Waals surface area (Å²) in [5.41, 5.74) is 6.31. The van der Waals surface area contributed by atoms with Gasteiger partial charge in [0.05, 0.1) is 17.8 Å². The van der Waals surface area contributed by atoms with Crippen LogP contribution in [-0.2, 0) is 0 Å². The van der Waals surface area contributed by atoms with E-state index in [0.29, 0.717) is 23.4 Å². The molecule has 2 N–H and O–H groups in total. The highest BCUT2D eigenvalue weighted by Crippen LogP contribution is 2.55. The molecule has 3 aliphatic heterocycles. The summed E-state index contributed by atoms with van der Waals surface area (Å²) in [5.74, 6) is 1.71.